The molecule has 1 heterocycles. The van der Waals surface area contributed by atoms with E-state index in [4.69, 9.17) is 0 Å². The van der Waals surface area contributed by atoms with Gasteiger partial charge in [-0.15, -0.1) is 0 Å². The number of alkyl halides is 3. The highest BCUT2D eigenvalue weighted by Crippen LogP contribution is 2.33. The van der Waals surface area contributed by atoms with Gasteiger partial charge in [-0.2, -0.15) is 13.2 Å². The number of benzene rings is 2. The van der Waals surface area contributed by atoms with Crippen LogP contribution in [0.15, 0.2) is 60.8 Å². The van der Waals surface area contributed by atoms with Gasteiger partial charge in [-0.1, -0.05) is 30.3 Å². The molecular formula is C18H17F3N2. The Morgan fingerprint density at radius 2 is 1.74 bits per heavy atom. The summed E-state index contributed by atoms with van der Waals surface area (Å²) in [4.78, 5) is 0. The van der Waals surface area contributed by atoms with Crippen LogP contribution >= 0.6 is 0 Å². The molecule has 0 amide bonds. The molecule has 0 spiro atoms. The monoisotopic (exact) mass is 318 g/mol. The predicted molar refractivity (Wildman–Crippen MR) is 85.6 cm³/mol. The maximum Gasteiger partial charge on any atom is 0.416 e. The van der Waals surface area contributed by atoms with Crippen molar-refractivity contribution >= 4 is 11.3 Å². The summed E-state index contributed by atoms with van der Waals surface area (Å²) < 4.78 is 38.7. The van der Waals surface area contributed by atoms with Gasteiger partial charge in [0, 0.05) is 12.7 Å². The van der Waals surface area contributed by atoms with Crippen molar-refractivity contribution < 1.29 is 13.2 Å². The van der Waals surface area contributed by atoms with Gasteiger partial charge in [0.1, 0.15) is 0 Å². The quantitative estimate of drug-likeness (QED) is 0.802. The Morgan fingerprint density at radius 1 is 1.00 bits per heavy atom. The lowest BCUT2D eigenvalue weighted by molar-refractivity contribution is -0.137. The van der Waals surface area contributed by atoms with Gasteiger partial charge in [0.2, 0.25) is 0 Å². The number of para-hydroxylation sites is 1. The van der Waals surface area contributed by atoms with E-state index in [2.05, 4.69) is 5.01 Å². The van der Waals surface area contributed by atoms with Crippen LogP contribution in [0.3, 0.4) is 0 Å². The molecule has 0 unspecified atom stereocenters. The third-order valence-electron chi connectivity index (χ3n) is 3.87. The molecule has 0 aromatic heterocycles. The van der Waals surface area contributed by atoms with E-state index in [0.717, 1.165) is 23.9 Å². The summed E-state index contributed by atoms with van der Waals surface area (Å²) in [6, 6.07) is 15.3. The molecule has 0 aliphatic carbocycles. The van der Waals surface area contributed by atoms with Crippen LogP contribution in [0.1, 0.15) is 18.1 Å². The first kappa shape index (κ1) is 15.5. The number of hydrogen-bond donors (Lipinski definition) is 0. The fourth-order valence-electron chi connectivity index (χ4n) is 2.71. The van der Waals surface area contributed by atoms with Crippen LogP contribution in [0.4, 0.5) is 18.9 Å². The van der Waals surface area contributed by atoms with E-state index >= 15 is 0 Å². The Hall–Kier alpha value is -2.43. The van der Waals surface area contributed by atoms with Gasteiger partial charge >= 0.3 is 6.18 Å². The Morgan fingerprint density at radius 3 is 2.39 bits per heavy atom. The molecule has 2 aromatic rings. The number of hydrogen-bond acceptors (Lipinski definition) is 2. The maximum atomic E-state index is 12.9. The highest BCUT2D eigenvalue weighted by atomic mass is 19.4. The Bertz CT molecular complexity index is 708. The second-order valence-corrected chi connectivity index (χ2v) is 5.38. The van der Waals surface area contributed by atoms with Crippen molar-refractivity contribution in [2.75, 3.05) is 18.1 Å². The molecule has 23 heavy (non-hydrogen) atoms. The second-order valence-electron chi connectivity index (χ2n) is 5.38. The molecule has 120 valence electrons. The fourth-order valence-corrected chi connectivity index (χ4v) is 2.71. The molecule has 0 atom stereocenters. The number of hydrazine groups is 1. The maximum absolute atomic E-state index is 12.9. The molecule has 3 rings (SSSR count). The van der Waals surface area contributed by atoms with E-state index in [0.29, 0.717) is 12.1 Å². The van der Waals surface area contributed by atoms with Crippen molar-refractivity contribution in [2.45, 2.75) is 13.1 Å². The first-order valence-corrected chi connectivity index (χ1v) is 7.46. The zero-order chi connectivity index (χ0) is 16.4. The van der Waals surface area contributed by atoms with Crippen molar-refractivity contribution in [2.24, 2.45) is 0 Å². The van der Waals surface area contributed by atoms with E-state index < -0.39 is 11.7 Å². The van der Waals surface area contributed by atoms with Crippen LogP contribution in [0.2, 0.25) is 0 Å². The van der Waals surface area contributed by atoms with E-state index in [1.807, 2.05) is 48.5 Å². The highest BCUT2D eigenvalue weighted by molar-refractivity contribution is 5.73. The van der Waals surface area contributed by atoms with Crippen molar-refractivity contribution in [3.8, 4) is 0 Å². The largest absolute Gasteiger partial charge is 0.416 e. The van der Waals surface area contributed by atoms with E-state index in [1.165, 1.54) is 12.1 Å². The molecule has 1 aliphatic rings. The van der Waals surface area contributed by atoms with E-state index in [1.54, 1.807) is 6.07 Å². The third kappa shape index (κ3) is 3.18. The van der Waals surface area contributed by atoms with Gasteiger partial charge in [0.15, 0.2) is 0 Å². The summed E-state index contributed by atoms with van der Waals surface area (Å²) in [5, 5.41) is 4.08. The van der Waals surface area contributed by atoms with E-state index in [9.17, 15) is 13.2 Å². The van der Waals surface area contributed by atoms with Gasteiger partial charge in [-0.05, 0) is 42.3 Å². The summed E-state index contributed by atoms with van der Waals surface area (Å²) in [6.07, 6.45) is -2.40. The number of nitrogens with zero attached hydrogens (tertiary/aromatic N) is 2. The van der Waals surface area contributed by atoms with Crippen molar-refractivity contribution in [3.63, 3.8) is 0 Å². The number of anilines is 1. The second kappa shape index (κ2) is 5.99. The molecule has 2 nitrogen and oxygen atoms in total. The molecule has 0 saturated heterocycles. The lowest BCUT2D eigenvalue weighted by atomic mass is 10.0. The van der Waals surface area contributed by atoms with E-state index in [-0.39, 0.29) is 0 Å². The zero-order valence-electron chi connectivity index (χ0n) is 12.7. The van der Waals surface area contributed by atoms with Gasteiger partial charge in [0.05, 0.1) is 17.8 Å². The molecule has 5 heteroatoms. The minimum Gasteiger partial charge on any atom is -0.292 e. The average Bonchev–Trinajstić information content (AvgIpc) is 2.99. The van der Waals surface area contributed by atoms with Gasteiger partial charge < -0.3 is 0 Å². The smallest absolute Gasteiger partial charge is 0.292 e. The Kier molecular flexibility index (Phi) is 4.03. The summed E-state index contributed by atoms with van der Waals surface area (Å²) in [7, 11) is 0. The average molecular weight is 318 g/mol. The van der Waals surface area contributed by atoms with Crippen molar-refractivity contribution in [1.29, 1.82) is 0 Å². The minimum atomic E-state index is -4.32. The number of halogens is 3. The molecule has 0 radical (unpaired) electrons. The summed E-state index contributed by atoms with van der Waals surface area (Å²) in [5.41, 5.74) is 1.89. The van der Waals surface area contributed by atoms with Crippen LogP contribution in [0.5, 0.6) is 0 Å². The minimum absolute atomic E-state index is 0.555. The third-order valence-corrected chi connectivity index (χ3v) is 3.87. The fraction of sp³-hybridized carbons (Fsp3) is 0.222. The summed E-state index contributed by atoms with van der Waals surface area (Å²) in [6.45, 7) is 3.32. The lowest BCUT2D eigenvalue weighted by Crippen LogP contribution is -2.35. The summed E-state index contributed by atoms with van der Waals surface area (Å²) in [5.74, 6) is 0. The molecular weight excluding hydrogens is 301 g/mol. The van der Waals surface area contributed by atoms with Crippen LogP contribution in [0, 0.1) is 0 Å². The Labute approximate surface area is 133 Å². The zero-order valence-corrected chi connectivity index (χ0v) is 12.7. The molecule has 0 saturated carbocycles. The van der Waals surface area contributed by atoms with Gasteiger partial charge in [0.25, 0.3) is 0 Å². The summed E-state index contributed by atoms with van der Waals surface area (Å²) >= 11 is 0. The normalized spacial score (nSPS) is 15.0. The molecule has 1 aliphatic heterocycles. The van der Waals surface area contributed by atoms with Crippen LogP contribution in [0.25, 0.3) is 5.57 Å². The van der Waals surface area contributed by atoms with Crippen LogP contribution in [-0.4, -0.2) is 18.1 Å². The van der Waals surface area contributed by atoms with Gasteiger partial charge in [-0.3, -0.25) is 10.0 Å². The van der Waals surface area contributed by atoms with Gasteiger partial charge in [-0.25, -0.2) is 0 Å². The predicted octanol–water partition coefficient (Wildman–Crippen LogP) is 4.80. The lowest BCUT2D eigenvalue weighted by Gasteiger charge is -2.29. The molecule has 0 bridgehead atoms. The molecule has 0 N–H and O–H groups in total. The SMILES string of the molecule is CCN1C=C(c2cccc(C(F)(F)F)c2)CN1c1ccccc1. The Balaban J connectivity index is 1.90. The topological polar surface area (TPSA) is 6.48 Å². The van der Waals surface area contributed by atoms with Crippen molar-refractivity contribution in [3.05, 3.63) is 71.9 Å². The van der Waals surface area contributed by atoms with Crippen LogP contribution < -0.4 is 5.01 Å². The number of rotatable bonds is 3. The molecule has 2 aromatic carbocycles. The van der Waals surface area contributed by atoms with Crippen LogP contribution in [-0.2, 0) is 6.18 Å². The van der Waals surface area contributed by atoms with Crippen molar-refractivity contribution in [1.82, 2.24) is 5.01 Å². The molecule has 0 fully saturated rings. The highest BCUT2D eigenvalue weighted by Gasteiger charge is 2.31. The first-order valence-electron chi connectivity index (χ1n) is 7.46. The standard InChI is InChI=1S/C18H17F3N2/c1-2-22-12-15(13-23(22)17-9-4-3-5-10-17)14-7-6-8-16(11-14)18(19,20)21/h3-12H,2,13H2,1H3. The first-order chi connectivity index (χ1) is 11.0.